The molecule has 6 nitrogen and oxygen atoms in total. The zero-order valence-corrected chi connectivity index (χ0v) is 14.2. The average Bonchev–Trinajstić information content (AvgIpc) is 2.96. The van der Waals surface area contributed by atoms with E-state index in [0.29, 0.717) is 18.7 Å². The lowest BCUT2D eigenvalue weighted by atomic mass is 10.0. The molecule has 7 heteroatoms. The number of carboxylic acid groups (broad SMARTS) is 1. The normalized spacial score (nSPS) is 10.5. The molecule has 1 heterocycles. The number of carbonyl (C=O) groups excluding carboxylic acids is 1. The van der Waals surface area contributed by atoms with Gasteiger partial charge < -0.3 is 9.84 Å². The van der Waals surface area contributed by atoms with Crippen LogP contribution >= 0.6 is 15.9 Å². The smallest absolute Gasteiger partial charge is 0.338 e. The fourth-order valence-corrected chi connectivity index (χ4v) is 2.64. The Morgan fingerprint density at radius 3 is 2.61 bits per heavy atom. The topological polar surface area (TPSA) is 81.4 Å². The van der Waals surface area contributed by atoms with Gasteiger partial charge in [-0.15, -0.1) is 0 Å². The van der Waals surface area contributed by atoms with Crippen molar-refractivity contribution in [3.05, 3.63) is 52.8 Å². The molecule has 0 aliphatic rings. The summed E-state index contributed by atoms with van der Waals surface area (Å²) in [5.74, 6) is -1.38. The highest BCUT2D eigenvalue weighted by Crippen LogP contribution is 2.15. The Balaban J connectivity index is 2.28. The summed E-state index contributed by atoms with van der Waals surface area (Å²) in [4.78, 5) is 22.9. The maximum atomic E-state index is 12.0. The molecular formula is C16H17BrN2O4. The quantitative estimate of drug-likeness (QED) is 0.589. The summed E-state index contributed by atoms with van der Waals surface area (Å²) in [5, 5.41) is 13.7. The van der Waals surface area contributed by atoms with Crippen LogP contribution in [-0.4, -0.2) is 38.8 Å². The predicted octanol–water partition coefficient (Wildman–Crippen LogP) is 2.74. The zero-order chi connectivity index (χ0) is 16.8. The van der Waals surface area contributed by atoms with Gasteiger partial charge in [-0.25, -0.2) is 9.59 Å². The van der Waals surface area contributed by atoms with E-state index in [-0.39, 0.29) is 11.5 Å². The molecule has 0 aliphatic carbocycles. The van der Waals surface area contributed by atoms with Crippen LogP contribution in [0.2, 0.25) is 0 Å². The number of carbonyl (C=O) groups is 2. The SMILES string of the molecule is CCOC(=O)c1cc(CCBr)cc(Cn2cc(C(=O)O)cn2)c1. The lowest BCUT2D eigenvalue weighted by Crippen LogP contribution is -2.08. The van der Waals surface area contributed by atoms with E-state index in [0.717, 1.165) is 22.9 Å². The molecule has 2 aromatic rings. The van der Waals surface area contributed by atoms with Crippen LogP contribution < -0.4 is 0 Å². The van der Waals surface area contributed by atoms with Crippen LogP contribution in [0, 0.1) is 0 Å². The van der Waals surface area contributed by atoms with Crippen molar-refractivity contribution in [3.8, 4) is 0 Å². The Labute approximate surface area is 142 Å². The molecule has 122 valence electrons. The summed E-state index contributed by atoms with van der Waals surface area (Å²) in [7, 11) is 0. The summed E-state index contributed by atoms with van der Waals surface area (Å²) < 4.78 is 6.58. The number of ether oxygens (including phenoxy) is 1. The number of carboxylic acids is 1. The average molecular weight is 381 g/mol. The number of halogens is 1. The third-order valence-corrected chi connectivity index (χ3v) is 3.57. The Morgan fingerprint density at radius 1 is 1.26 bits per heavy atom. The van der Waals surface area contributed by atoms with Gasteiger partial charge in [-0.2, -0.15) is 5.10 Å². The number of hydrogen-bond donors (Lipinski definition) is 1. The van der Waals surface area contributed by atoms with Gasteiger partial charge in [-0.1, -0.05) is 22.0 Å². The van der Waals surface area contributed by atoms with E-state index in [9.17, 15) is 9.59 Å². The highest BCUT2D eigenvalue weighted by molar-refractivity contribution is 9.09. The summed E-state index contributed by atoms with van der Waals surface area (Å²) in [6.45, 7) is 2.46. The van der Waals surface area contributed by atoms with Gasteiger partial charge >= 0.3 is 11.9 Å². The Bertz CT molecular complexity index is 712. The molecule has 0 amide bonds. The Morgan fingerprint density at radius 2 is 2.00 bits per heavy atom. The molecule has 2 rings (SSSR count). The predicted molar refractivity (Wildman–Crippen MR) is 88.2 cm³/mol. The van der Waals surface area contributed by atoms with E-state index in [4.69, 9.17) is 9.84 Å². The molecule has 0 aliphatic heterocycles. The third-order valence-electron chi connectivity index (χ3n) is 3.17. The number of benzene rings is 1. The second-order valence-electron chi connectivity index (χ2n) is 4.93. The molecule has 1 aromatic carbocycles. The van der Waals surface area contributed by atoms with E-state index < -0.39 is 5.97 Å². The van der Waals surface area contributed by atoms with E-state index in [1.807, 2.05) is 12.1 Å². The first-order valence-electron chi connectivity index (χ1n) is 7.15. The van der Waals surface area contributed by atoms with Crippen molar-refractivity contribution in [2.75, 3.05) is 11.9 Å². The molecule has 0 unspecified atom stereocenters. The largest absolute Gasteiger partial charge is 0.478 e. The number of aryl methyl sites for hydroxylation is 1. The number of rotatable bonds is 7. The molecule has 0 atom stereocenters. The van der Waals surface area contributed by atoms with Gasteiger partial charge in [0.1, 0.15) is 0 Å². The summed E-state index contributed by atoms with van der Waals surface area (Å²) in [6.07, 6.45) is 3.54. The number of nitrogens with zero attached hydrogens (tertiary/aromatic N) is 2. The van der Waals surface area contributed by atoms with Crippen LogP contribution in [0.15, 0.2) is 30.6 Å². The van der Waals surface area contributed by atoms with Crippen molar-refractivity contribution in [1.82, 2.24) is 9.78 Å². The highest BCUT2D eigenvalue weighted by atomic mass is 79.9. The third kappa shape index (κ3) is 4.66. The van der Waals surface area contributed by atoms with Crippen molar-refractivity contribution in [1.29, 1.82) is 0 Å². The van der Waals surface area contributed by atoms with E-state index in [1.54, 1.807) is 13.0 Å². The first kappa shape index (κ1) is 17.2. The molecule has 0 fully saturated rings. The minimum atomic E-state index is -1.02. The monoisotopic (exact) mass is 380 g/mol. The standard InChI is InChI=1S/C16H17BrN2O4/c1-2-23-16(22)13-6-11(3-4-17)5-12(7-13)9-19-10-14(8-18-19)15(20)21/h5-8,10H,2-4,9H2,1H3,(H,20,21). The fraction of sp³-hybridized carbons (Fsp3) is 0.312. The van der Waals surface area contributed by atoms with Gasteiger partial charge in [0.2, 0.25) is 0 Å². The Hall–Kier alpha value is -2.15. The van der Waals surface area contributed by atoms with Crippen molar-refractivity contribution < 1.29 is 19.4 Å². The minimum Gasteiger partial charge on any atom is -0.478 e. The maximum Gasteiger partial charge on any atom is 0.338 e. The Kier molecular flexibility index (Phi) is 5.92. The van der Waals surface area contributed by atoms with Gasteiger partial charge in [-0.3, -0.25) is 4.68 Å². The number of aromatic nitrogens is 2. The molecule has 0 radical (unpaired) electrons. The van der Waals surface area contributed by atoms with Crippen LogP contribution in [0.1, 0.15) is 38.8 Å². The van der Waals surface area contributed by atoms with Crippen LogP contribution in [0.25, 0.3) is 0 Å². The van der Waals surface area contributed by atoms with Gasteiger partial charge in [-0.05, 0) is 36.6 Å². The summed E-state index contributed by atoms with van der Waals surface area (Å²) in [6, 6.07) is 5.54. The van der Waals surface area contributed by atoms with Crippen molar-refractivity contribution >= 4 is 27.9 Å². The number of aromatic carboxylic acids is 1. The first-order chi connectivity index (χ1) is 11.0. The molecule has 1 N–H and O–H groups in total. The van der Waals surface area contributed by atoms with Crippen LogP contribution in [0.5, 0.6) is 0 Å². The number of esters is 1. The lowest BCUT2D eigenvalue weighted by Gasteiger charge is -2.09. The highest BCUT2D eigenvalue weighted by Gasteiger charge is 2.11. The first-order valence-corrected chi connectivity index (χ1v) is 8.27. The van der Waals surface area contributed by atoms with Crippen LogP contribution in [-0.2, 0) is 17.7 Å². The van der Waals surface area contributed by atoms with Crippen LogP contribution in [0.4, 0.5) is 0 Å². The molecule has 0 bridgehead atoms. The molecule has 1 aromatic heterocycles. The second kappa shape index (κ2) is 7.92. The molecule has 0 saturated carbocycles. The van der Waals surface area contributed by atoms with E-state index in [2.05, 4.69) is 21.0 Å². The summed E-state index contributed by atoms with van der Waals surface area (Å²) >= 11 is 3.39. The summed E-state index contributed by atoms with van der Waals surface area (Å²) in [5.41, 5.74) is 2.50. The van der Waals surface area contributed by atoms with Crippen molar-refractivity contribution in [2.24, 2.45) is 0 Å². The van der Waals surface area contributed by atoms with Crippen molar-refractivity contribution in [3.63, 3.8) is 0 Å². The van der Waals surface area contributed by atoms with E-state index >= 15 is 0 Å². The lowest BCUT2D eigenvalue weighted by molar-refractivity contribution is 0.0525. The minimum absolute atomic E-state index is 0.132. The van der Waals surface area contributed by atoms with Gasteiger partial charge in [0.05, 0.1) is 30.5 Å². The fourth-order valence-electron chi connectivity index (χ4n) is 2.19. The van der Waals surface area contributed by atoms with Crippen LogP contribution in [0.3, 0.4) is 0 Å². The number of alkyl halides is 1. The second-order valence-corrected chi connectivity index (χ2v) is 5.72. The maximum absolute atomic E-state index is 12.0. The van der Waals surface area contributed by atoms with Crippen molar-refractivity contribution in [2.45, 2.75) is 19.9 Å². The van der Waals surface area contributed by atoms with Gasteiger partial charge in [0.25, 0.3) is 0 Å². The van der Waals surface area contributed by atoms with Gasteiger partial charge in [0.15, 0.2) is 0 Å². The van der Waals surface area contributed by atoms with Gasteiger partial charge in [0, 0.05) is 11.5 Å². The number of hydrogen-bond acceptors (Lipinski definition) is 4. The molecule has 0 spiro atoms. The molecule has 0 saturated heterocycles. The zero-order valence-electron chi connectivity index (χ0n) is 12.7. The molecular weight excluding hydrogens is 364 g/mol. The van der Waals surface area contributed by atoms with E-state index in [1.165, 1.54) is 17.1 Å². The molecule has 23 heavy (non-hydrogen) atoms.